The Morgan fingerprint density at radius 1 is 0.839 bits per heavy atom. The fourth-order valence-corrected chi connectivity index (χ4v) is 5.89. The Kier molecular flexibility index (Phi) is 3.38. The molecule has 0 saturated carbocycles. The van der Waals surface area contributed by atoms with Crippen LogP contribution < -0.4 is 4.90 Å². The summed E-state index contributed by atoms with van der Waals surface area (Å²) >= 11 is 0. The van der Waals surface area contributed by atoms with Crippen molar-refractivity contribution in [2.75, 3.05) is 4.90 Å². The van der Waals surface area contributed by atoms with Crippen LogP contribution in [-0.2, 0) is 15.1 Å². The first-order valence-electron chi connectivity index (χ1n) is 9.94. The molecule has 7 rings (SSSR count). The number of rotatable bonds is 2. The van der Waals surface area contributed by atoms with Crippen molar-refractivity contribution in [3.05, 3.63) is 111 Å². The number of imide groups is 1. The molecule has 31 heavy (non-hydrogen) atoms. The van der Waals surface area contributed by atoms with E-state index in [1.54, 1.807) is 36.4 Å². The van der Waals surface area contributed by atoms with E-state index in [1.807, 2.05) is 12.1 Å². The Bertz CT molecular complexity index is 1260. The average molecular weight is 414 g/mol. The lowest BCUT2D eigenvalue weighted by molar-refractivity contribution is -0.578. The highest BCUT2D eigenvalue weighted by atomic mass is 19.1. The van der Waals surface area contributed by atoms with Gasteiger partial charge in [-0.05, 0) is 35.4 Å². The predicted molar refractivity (Wildman–Crippen MR) is 108 cm³/mol. The predicted octanol–water partition coefficient (Wildman–Crippen LogP) is 3.61. The molecule has 2 bridgehead atoms. The average Bonchev–Trinajstić information content (AvgIpc) is 3.05. The normalized spacial score (nSPS) is 27.6. The minimum Gasteiger partial charge on any atom is -0.274 e. The van der Waals surface area contributed by atoms with Gasteiger partial charge >= 0.3 is 0 Å². The van der Waals surface area contributed by atoms with Gasteiger partial charge in [-0.15, -0.1) is 0 Å². The summed E-state index contributed by atoms with van der Waals surface area (Å²) < 4.78 is 13.4. The van der Waals surface area contributed by atoms with Crippen molar-refractivity contribution in [1.29, 1.82) is 0 Å². The van der Waals surface area contributed by atoms with Gasteiger partial charge in [0, 0.05) is 22.0 Å². The highest BCUT2D eigenvalue weighted by molar-refractivity contribution is 6.23. The van der Waals surface area contributed by atoms with Crippen LogP contribution in [0.5, 0.6) is 0 Å². The van der Waals surface area contributed by atoms with E-state index >= 15 is 0 Å². The molecule has 4 aliphatic rings. The van der Waals surface area contributed by atoms with Gasteiger partial charge in [0.05, 0.1) is 11.6 Å². The summed E-state index contributed by atoms with van der Waals surface area (Å²) in [5.41, 5.74) is 0.715. The Hall–Kier alpha value is -3.87. The van der Waals surface area contributed by atoms with E-state index in [-0.39, 0.29) is 5.69 Å². The molecule has 1 fully saturated rings. The standard InChI is InChI=1S/C24H15FN2O4/c25-13-9-11-14(12-10-13)26-22(28)20-19-15-5-1-3-7-17(15)24(27(30)31,21(20)23(26)29)18-8-4-2-6-16(18)19/h1-12,19-21H/t19?,20-,21-,24?/m0/s1. The van der Waals surface area contributed by atoms with Crippen molar-refractivity contribution in [3.8, 4) is 0 Å². The SMILES string of the molecule is O=C1[C@@H]2[C@@H](C(=O)N1c1ccc(F)cc1)C1c3ccccc3C2([N+](=O)[O-])c2ccccc21. The van der Waals surface area contributed by atoms with Crippen LogP contribution in [0.1, 0.15) is 28.2 Å². The van der Waals surface area contributed by atoms with Crippen LogP contribution in [0.3, 0.4) is 0 Å². The van der Waals surface area contributed by atoms with Crippen molar-refractivity contribution >= 4 is 17.5 Å². The van der Waals surface area contributed by atoms with Crippen LogP contribution in [0.2, 0.25) is 0 Å². The monoisotopic (exact) mass is 414 g/mol. The Morgan fingerprint density at radius 2 is 1.39 bits per heavy atom. The number of anilines is 1. The molecule has 0 N–H and O–H groups in total. The molecule has 3 aromatic rings. The van der Waals surface area contributed by atoms with E-state index in [1.165, 1.54) is 24.3 Å². The maximum Gasteiger partial charge on any atom is 0.285 e. The lowest BCUT2D eigenvalue weighted by atomic mass is 9.51. The van der Waals surface area contributed by atoms with Crippen LogP contribution in [0.25, 0.3) is 0 Å². The zero-order valence-corrected chi connectivity index (χ0v) is 16.1. The van der Waals surface area contributed by atoms with Crippen molar-refractivity contribution in [2.45, 2.75) is 11.5 Å². The molecule has 0 spiro atoms. The number of halogens is 1. The molecule has 6 nitrogen and oxygen atoms in total. The first-order valence-corrected chi connectivity index (χ1v) is 9.94. The summed E-state index contributed by atoms with van der Waals surface area (Å²) in [7, 11) is 0. The zero-order valence-electron chi connectivity index (χ0n) is 16.1. The Balaban J connectivity index is 1.67. The van der Waals surface area contributed by atoms with E-state index in [0.29, 0.717) is 22.3 Å². The number of benzene rings is 3. The van der Waals surface area contributed by atoms with E-state index in [4.69, 9.17) is 0 Å². The number of amides is 2. The third kappa shape index (κ3) is 1.96. The molecular weight excluding hydrogens is 399 g/mol. The van der Waals surface area contributed by atoms with E-state index in [9.17, 15) is 24.1 Å². The highest BCUT2D eigenvalue weighted by Gasteiger charge is 2.74. The molecule has 1 heterocycles. The maximum atomic E-state index is 13.7. The third-order valence-corrected chi connectivity index (χ3v) is 6.95. The molecule has 0 aromatic heterocycles. The Labute approximate surface area is 176 Å². The van der Waals surface area contributed by atoms with Gasteiger partial charge in [0.15, 0.2) is 0 Å². The summed E-state index contributed by atoms with van der Waals surface area (Å²) in [5.74, 6) is -4.13. The van der Waals surface area contributed by atoms with Crippen molar-refractivity contribution in [1.82, 2.24) is 0 Å². The molecule has 0 radical (unpaired) electrons. The molecule has 0 unspecified atom stereocenters. The van der Waals surface area contributed by atoms with E-state index < -0.39 is 45.8 Å². The van der Waals surface area contributed by atoms with Crippen LogP contribution >= 0.6 is 0 Å². The highest BCUT2D eigenvalue weighted by Crippen LogP contribution is 2.64. The lowest BCUT2D eigenvalue weighted by Crippen LogP contribution is -2.57. The third-order valence-electron chi connectivity index (χ3n) is 6.95. The van der Waals surface area contributed by atoms with Gasteiger partial charge in [0.25, 0.3) is 5.54 Å². The quantitative estimate of drug-likeness (QED) is 0.365. The number of nitrogens with zero attached hydrogens (tertiary/aromatic N) is 2. The second-order valence-corrected chi connectivity index (χ2v) is 8.17. The molecule has 3 aromatic carbocycles. The van der Waals surface area contributed by atoms with Crippen molar-refractivity contribution in [3.63, 3.8) is 0 Å². The second-order valence-electron chi connectivity index (χ2n) is 8.17. The minimum atomic E-state index is -1.85. The van der Waals surface area contributed by atoms with Crippen LogP contribution in [-0.4, -0.2) is 16.7 Å². The number of carbonyl (C=O) groups is 2. The van der Waals surface area contributed by atoms with Gasteiger partial charge in [-0.2, -0.15) is 0 Å². The van der Waals surface area contributed by atoms with Crippen LogP contribution in [0.4, 0.5) is 10.1 Å². The largest absolute Gasteiger partial charge is 0.285 e. The van der Waals surface area contributed by atoms with Crippen LogP contribution in [0.15, 0.2) is 72.8 Å². The van der Waals surface area contributed by atoms with Gasteiger partial charge in [-0.1, -0.05) is 48.5 Å². The molecular formula is C24H15FN2O4. The molecule has 1 saturated heterocycles. The first kappa shape index (κ1) is 17.9. The zero-order chi connectivity index (χ0) is 21.5. The number of hydrogen-bond acceptors (Lipinski definition) is 4. The Morgan fingerprint density at radius 3 is 1.94 bits per heavy atom. The van der Waals surface area contributed by atoms with E-state index in [2.05, 4.69) is 0 Å². The molecule has 7 heteroatoms. The second kappa shape index (κ2) is 5.85. The summed E-state index contributed by atoms with van der Waals surface area (Å²) in [6, 6.07) is 19.1. The minimum absolute atomic E-state index is 0.219. The van der Waals surface area contributed by atoms with Gasteiger partial charge in [0.1, 0.15) is 11.7 Å². The molecule has 1 aliphatic heterocycles. The number of carbonyl (C=O) groups excluding carboxylic acids is 2. The molecule has 3 aliphatic carbocycles. The fraction of sp³-hybridized carbons (Fsp3) is 0.167. The molecule has 2 amide bonds. The molecule has 2 atom stereocenters. The summed E-state index contributed by atoms with van der Waals surface area (Å²) in [5, 5.41) is 12.8. The maximum absolute atomic E-state index is 13.7. The lowest BCUT2D eigenvalue weighted by Gasteiger charge is -2.48. The smallest absolute Gasteiger partial charge is 0.274 e. The van der Waals surface area contributed by atoms with Crippen molar-refractivity contribution in [2.24, 2.45) is 11.8 Å². The topological polar surface area (TPSA) is 80.5 Å². The van der Waals surface area contributed by atoms with Gasteiger partial charge in [-0.3, -0.25) is 19.7 Å². The summed E-state index contributed by atoms with van der Waals surface area (Å²) in [6.45, 7) is 0. The number of nitro groups is 1. The van der Waals surface area contributed by atoms with Crippen LogP contribution in [0, 0.1) is 27.8 Å². The number of hydrogen-bond donors (Lipinski definition) is 0. The molecule has 152 valence electrons. The van der Waals surface area contributed by atoms with E-state index in [0.717, 1.165) is 4.90 Å². The summed E-state index contributed by atoms with van der Waals surface area (Å²) in [6.07, 6.45) is 0. The first-order chi connectivity index (χ1) is 15.0. The van der Waals surface area contributed by atoms with Crippen molar-refractivity contribution < 1.29 is 18.9 Å². The van der Waals surface area contributed by atoms with Gasteiger partial charge < -0.3 is 0 Å². The fourth-order valence-electron chi connectivity index (χ4n) is 5.89. The van der Waals surface area contributed by atoms with Gasteiger partial charge in [-0.25, -0.2) is 9.29 Å². The summed E-state index contributed by atoms with van der Waals surface area (Å²) in [4.78, 5) is 40.7. The van der Waals surface area contributed by atoms with Gasteiger partial charge in [0.2, 0.25) is 11.8 Å².